The van der Waals surface area contributed by atoms with Gasteiger partial charge in [-0.25, -0.2) is 0 Å². The normalized spacial score (nSPS) is 40.5. The Morgan fingerprint density at radius 2 is 2.50 bits per heavy atom. The highest BCUT2D eigenvalue weighted by molar-refractivity contribution is 4.79. The average molecular weight is 146 g/mol. The number of aliphatic hydroxyl groups excluding tert-OH is 1. The summed E-state index contributed by atoms with van der Waals surface area (Å²) in [7, 11) is 1.62. The van der Waals surface area contributed by atoms with Crippen LogP contribution in [0.15, 0.2) is 0 Å². The molecule has 0 bridgehead atoms. The molecule has 60 valence electrons. The molecular weight excluding hydrogens is 132 g/mol. The Hall–Kier alpha value is -0.120. The molecule has 1 aliphatic rings. The number of ether oxygens (including phenoxy) is 2. The molecule has 0 aromatic carbocycles. The van der Waals surface area contributed by atoms with Crippen molar-refractivity contribution in [2.75, 3.05) is 20.3 Å². The van der Waals surface area contributed by atoms with E-state index < -0.39 is 0 Å². The Morgan fingerprint density at radius 1 is 1.80 bits per heavy atom. The van der Waals surface area contributed by atoms with E-state index in [-0.39, 0.29) is 18.3 Å². The first-order chi connectivity index (χ1) is 4.70. The topological polar surface area (TPSA) is 38.7 Å². The Kier molecular flexibility index (Phi) is 2.28. The molecule has 3 heteroatoms. The molecule has 0 saturated carbocycles. The van der Waals surface area contributed by atoms with Crippen LogP contribution in [0.25, 0.3) is 0 Å². The molecule has 1 heterocycles. The fraction of sp³-hybridized carbons (Fsp3) is 1.00. The van der Waals surface area contributed by atoms with Gasteiger partial charge in [-0.05, 0) is 0 Å². The third-order valence-electron chi connectivity index (χ3n) is 1.92. The first kappa shape index (κ1) is 7.98. The largest absolute Gasteiger partial charge is 0.396 e. The first-order valence-corrected chi connectivity index (χ1v) is 3.45. The highest BCUT2D eigenvalue weighted by Crippen LogP contribution is 2.31. The van der Waals surface area contributed by atoms with Gasteiger partial charge >= 0.3 is 0 Å². The molecule has 1 rings (SSSR count). The molecule has 1 N–H and O–H groups in total. The molecule has 3 nitrogen and oxygen atoms in total. The second-order valence-electron chi connectivity index (χ2n) is 3.15. The number of aliphatic hydroxyl groups is 1. The van der Waals surface area contributed by atoms with Gasteiger partial charge < -0.3 is 14.6 Å². The van der Waals surface area contributed by atoms with Crippen molar-refractivity contribution in [3.63, 3.8) is 0 Å². The summed E-state index contributed by atoms with van der Waals surface area (Å²) in [6, 6.07) is 0. The summed E-state index contributed by atoms with van der Waals surface area (Å²) >= 11 is 0. The van der Waals surface area contributed by atoms with Crippen molar-refractivity contribution in [3.05, 3.63) is 0 Å². The van der Waals surface area contributed by atoms with Crippen molar-refractivity contribution < 1.29 is 14.6 Å². The maximum absolute atomic E-state index is 8.90. The maximum Gasteiger partial charge on any atom is 0.157 e. The van der Waals surface area contributed by atoms with Crippen molar-refractivity contribution in [2.45, 2.75) is 19.6 Å². The van der Waals surface area contributed by atoms with Crippen molar-refractivity contribution in [1.29, 1.82) is 0 Å². The molecule has 10 heavy (non-hydrogen) atoms. The van der Waals surface area contributed by atoms with Crippen LogP contribution in [0, 0.1) is 5.41 Å². The van der Waals surface area contributed by atoms with E-state index in [2.05, 4.69) is 0 Å². The van der Waals surface area contributed by atoms with Crippen LogP contribution in [0.3, 0.4) is 0 Å². The molecule has 0 spiro atoms. The zero-order valence-corrected chi connectivity index (χ0v) is 6.46. The van der Waals surface area contributed by atoms with Crippen molar-refractivity contribution >= 4 is 0 Å². The summed E-state index contributed by atoms with van der Waals surface area (Å²) < 4.78 is 10.2. The molecule has 0 aliphatic carbocycles. The lowest BCUT2D eigenvalue weighted by Gasteiger charge is -2.16. The van der Waals surface area contributed by atoms with E-state index in [1.165, 1.54) is 0 Å². The van der Waals surface area contributed by atoms with Gasteiger partial charge in [0.1, 0.15) is 0 Å². The fourth-order valence-electron chi connectivity index (χ4n) is 1.08. The number of hydrogen-bond donors (Lipinski definition) is 1. The molecule has 1 saturated heterocycles. The molecule has 0 radical (unpaired) electrons. The van der Waals surface area contributed by atoms with Gasteiger partial charge in [-0.1, -0.05) is 6.92 Å². The Morgan fingerprint density at radius 3 is 2.80 bits per heavy atom. The quantitative estimate of drug-likeness (QED) is 0.612. The number of methoxy groups -OCH3 is 1. The molecule has 0 aromatic heterocycles. The molecule has 1 fully saturated rings. The summed E-state index contributed by atoms with van der Waals surface area (Å²) in [5.74, 6) is 0. The van der Waals surface area contributed by atoms with Crippen LogP contribution in [-0.2, 0) is 9.47 Å². The van der Waals surface area contributed by atoms with E-state index in [4.69, 9.17) is 14.6 Å². The van der Waals surface area contributed by atoms with Crippen LogP contribution < -0.4 is 0 Å². The van der Waals surface area contributed by atoms with E-state index in [9.17, 15) is 0 Å². The maximum atomic E-state index is 8.90. The van der Waals surface area contributed by atoms with Crippen LogP contribution in [0.4, 0.5) is 0 Å². The highest BCUT2D eigenvalue weighted by atomic mass is 16.7. The summed E-state index contributed by atoms with van der Waals surface area (Å²) in [6.07, 6.45) is 0.678. The van der Waals surface area contributed by atoms with Gasteiger partial charge in [-0.3, -0.25) is 0 Å². The minimum atomic E-state index is -0.114. The lowest BCUT2D eigenvalue weighted by molar-refractivity contribution is -0.0883. The predicted molar refractivity (Wildman–Crippen MR) is 36.6 cm³/mol. The minimum Gasteiger partial charge on any atom is -0.396 e. The third kappa shape index (κ3) is 1.48. The van der Waals surface area contributed by atoms with E-state index in [1.807, 2.05) is 6.92 Å². The zero-order chi connectivity index (χ0) is 7.61. The lowest BCUT2D eigenvalue weighted by atomic mass is 9.91. The smallest absolute Gasteiger partial charge is 0.157 e. The SMILES string of the molecule is COC1CC(C)(CO)CO1. The second kappa shape index (κ2) is 2.86. The minimum absolute atomic E-state index is 0.0827. The van der Waals surface area contributed by atoms with Gasteiger partial charge in [0.2, 0.25) is 0 Å². The van der Waals surface area contributed by atoms with E-state index >= 15 is 0 Å². The van der Waals surface area contributed by atoms with Gasteiger partial charge in [0.25, 0.3) is 0 Å². The summed E-state index contributed by atoms with van der Waals surface area (Å²) in [5, 5.41) is 8.90. The standard InChI is InChI=1S/C7H14O3/c1-7(4-8)3-6(9-2)10-5-7/h6,8H,3-5H2,1-2H3. The Labute approximate surface area is 60.9 Å². The third-order valence-corrected chi connectivity index (χ3v) is 1.92. The van der Waals surface area contributed by atoms with Crippen molar-refractivity contribution in [1.82, 2.24) is 0 Å². The van der Waals surface area contributed by atoms with Gasteiger partial charge in [-0.2, -0.15) is 0 Å². The Balaban J connectivity index is 2.41. The Bertz CT molecular complexity index is 115. The van der Waals surface area contributed by atoms with Crippen LogP contribution >= 0.6 is 0 Å². The second-order valence-corrected chi connectivity index (χ2v) is 3.15. The number of rotatable bonds is 2. The monoisotopic (exact) mass is 146 g/mol. The van der Waals surface area contributed by atoms with E-state index in [0.717, 1.165) is 6.42 Å². The molecule has 0 aromatic rings. The van der Waals surface area contributed by atoms with Gasteiger partial charge in [-0.15, -0.1) is 0 Å². The summed E-state index contributed by atoms with van der Waals surface area (Å²) in [5.41, 5.74) is -0.0827. The first-order valence-electron chi connectivity index (χ1n) is 3.45. The van der Waals surface area contributed by atoms with Crippen LogP contribution in [0.2, 0.25) is 0 Å². The lowest BCUT2D eigenvalue weighted by Crippen LogP contribution is -2.21. The molecule has 2 unspecified atom stereocenters. The average Bonchev–Trinajstić information content (AvgIpc) is 2.33. The van der Waals surface area contributed by atoms with Crippen LogP contribution in [-0.4, -0.2) is 31.7 Å². The van der Waals surface area contributed by atoms with E-state index in [1.54, 1.807) is 7.11 Å². The number of hydrogen-bond acceptors (Lipinski definition) is 3. The fourth-order valence-corrected chi connectivity index (χ4v) is 1.08. The highest BCUT2D eigenvalue weighted by Gasteiger charge is 2.35. The van der Waals surface area contributed by atoms with E-state index in [0.29, 0.717) is 6.61 Å². The van der Waals surface area contributed by atoms with Gasteiger partial charge in [0, 0.05) is 18.9 Å². The molecule has 1 aliphatic heterocycles. The van der Waals surface area contributed by atoms with Gasteiger partial charge in [0.05, 0.1) is 13.2 Å². The van der Waals surface area contributed by atoms with Gasteiger partial charge in [0.15, 0.2) is 6.29 Å². The van der Waals surface area contributed by atoms with Crippen molar-refractivity contribution in [2.24, 2.45) is 5.41 Å². The summed E-state index contributed by atoms with van der Waals surface area (Å²) in [6.45, 7) is 2.76. The summed E-state index contributed by atoms with van der Waals surface area (Å²) in [4.78, 5) is 0. The van der Waals surface area contributed by atoms with Crippen molar-refractivity contribution in [3.8, 4) is 0 Å². The molecule has 0 amide bonds. The molecular formula is C7H14O3. The predicted octanol–water partition coefficient (Wildman–Crippen LogP) is 0.378. The van der Waals surface area contributed by atoms with Crippen LogP contribution in [0.1, 0.15) is 13.3 Å². The molecule has 2 atom stereocenters. The van der Waals surface area contributed by atoms with Crippen LogP contribution in [0.5, 0.6) is 0 Å². The zero-order valence-electron chi connectivity index (χ0n) is 6.46.